The fourth-order valence-electron chi connectivity index (χ4n) is 9.73. The normalized spacial score (nSPS) is 13.8. The molecule has 1 aliphatic heterocycles. The topological polar surface area (TPSA) is 42.3 Å². The Balaban J connectivity index is 0.00000553. The van der Waals surface area contributed by atoms with Crippen LogP contribution in [0.3, 0.4) is 0 Å². The molecule has 10 aromatic rings. The molecule has 0 radical (unpaired) electrons. The van der Waals surface area contributed by atoms with Crippen molar-refractivity contribution in [3.63, 3.8) is 0 Å². The molecule has 11 rings (SSSR count). The first-order valence-electron chi connectivity index (χ1n) is 23.3. The van der Waals surface area contributed by atoms with Crippen molar-refractivity contribution in [3.05, 3.63) is 206 Å². The number of hydrogen-bond acceptors (Lipinski definition) is 4. The molecule has 7 aromatic carbocycles. The van der Waals surface area contributed by atoms with Gasteiger partial charge in [-0.2, -0.15) is 18.2 Å². The smallest absolute Gasteiger partial charge is 0.183 e. The molecule has 0 bridgehead atoms. The van der Waals surface area contributed by atoms with Gasteiger partial charge in [0.1, 0.15) is 11.6 Å². The standard InChI is InChI=1S/C57H48N6OSi.Pt/c1-57(2,3)40-34-35-58-54(36-40)62-48-27-14-13-26-46(48)47-33-32-43(38-51(47)62)64-42-21-19-20-41(37-42)61-39-60(6)55(59(4)5)56(61)63-49-28-15-17-30-52(49)65(44-22-9-7-10-23-44,45-24-11-8-12-25-45)53-31-18-16-29-50(53)63;/h7-36H,1-6H3;/q-2;/i6D3;. The Morgan fingerprint density at radius 1 is 0.667 bits per heavy atom. The van der Waals surface area contributed by atoms with Crippen molar-refractivity contribution in [1.82, 2.24) is 14.1 Å². The van der Waals surface area contributed by atoms with Gasteiger partial charge in [0.25, 0.3) is 0 Å². The van der Waals surface area contributed by atoms with Gasteiger partial charge < -0.3 is 28.2 Å². The van der Waals surface area contributed by atoms with Gasteiger partial charge in [0.15, 0.2) is 20.2 Å². The van der Waals surface area contributed by atoms with Gasteiger partial charge in [-0.25, -0.2) is 4.98 Å². The van der Waals surface area contributed by atoms with E-state index in [1.807, 2.05) is 61.6 Å². The molecule has 0 fully saturated rings. The predicted molar refractivity (Wildman–Crippen MR) is 267 cm³/mol. The molecule has 66 heavy (non-hydrogen) atoms. The van der Waals surface area contributed by atoms with Gasteiger partial charge in [0.2, 0.25) is 0 Å². The number of benzene rings is 7. The van der Waals surface area contributed by atoms with E-state index in [4.69, 9.17) is 13.8 Å². The van der Waals surface area contributed by atoms with E-state index in [1.165, 1.54) is 30.9 Å². The number of nitrogens with zero attached hydrogens (tertiary/aromatic N) is 6. The fraction of sp³-hybridized carbons (Fsp3) is 0.123. The van der Waals surface area contributed by atoms with Gasteiger partial charge in [0.05, 0.1) is 4.11 Å². The van der Waals surface area contributed by atoms with Crippen molar-refractivity contribution >= 4 is 73.6 Å². The quantitative estimate of drug-likeness (QED) is 0.0865. The van der Waals surface area contributed by atoms with Crippen LogP contribution in [0.2, 0.25) is 0 Å². The van der Waals surface area contributed by atoms with E-state index < -0.39 is 15.0 Å². The zero-order valence-electron chi connectivity index (χ0n) is 40.2. The summed E-state index contributed by atoms with van der Waals surface area (Å²) in [6.07, 6.45) is 5.16. The maximum atomic E-state index is 8.86. The van der Waals surface area contributed by atoms with Crippen LogP contribution in [-0.4, -0.2) is 36.3 Å². The Labute approximate surface area is 406 Å². The van der Waals surface area contributed by atoms with Crippen molar-refractivity contribution < 1.29 is 34.5 Å². The summed E-state index contributed by atoms with van der Waals surface area (Å²) in [5.41, 5.74) is 5.40. The number of imidazole rings is 1. The van der Waals surface area contributed by atoms with E-state index in [2.05, 4.69) is 188 Å². The van der Waals surface area contributed by atoms with Gasteiger partial charge in [0, 0.05) is 76.7 Å². The van der Waals surface area contributed by atoms with E-state index in [0.29, 0.717) is 28.8 Å². The second-order valence-electron chi connectivity index (χ2n) is 17.8. The van der Waals surface area contributed by atoms with Crippen LogP contribution in [0.5, 0.6) is 11.5 Å². The summed E-state index contributed by atoms with van der Waals surface area (Å²) in [5, 5.41) is 6.98. The van der Waals surface area contributed by atoms with Crippen LogP contribution in [0, 0.1) is 18.5 Å². The Hall–Kier alpha value is -6.99. The first kappa shape index (κ1) is 39.4. The van der Waals surface area contributed by atoms with E-state index in [1.54, 1.807) is 4.57 Å². The number of aromatic nitrogens is 4. The van der Waals surface area contributed by atoms with Gasteiger partial charge in [-0.05, 0) is 67.4 Å². The fourth-order valence-corrected chi connectivity index (χ4v) is 14.8. The van der Waals surface area contributed by atoms with Crippen LogP contribution in [-0.2, 0) is 33.5 Å². The summed E-state index contributed by atoms with van der Waals surface area (Å²) < 4.78 is 38.5. The second-order valence-corrected chi connectivity index (χ2v) is 21.5. The molecule has 0 unspecified atom stereocenters. The molecule has 9 heteroatoms. The molecule has 1 aliphatic rings. The van der Waals surface area contributed by atoms with Crippen LogP contribution in [0.4, 0.5) is 23.0 Å². The molecule has 7 nitrogen and oxygen atoms in total. The van der Waals surface area contributed by atoms with E-state index >= 15 is 0 Å². The first-order chi connectivity index (χ1) is 32.8. The van der Waals surface area contributed by atoms with Gasteiger partial charge in [-0.3, -0.25) is 0 Å². The molecule has 0 aliphatic carbocycles. The van der Waals surface area contributed by atoms with Gasteiger partial charge >= 0.3 is 0 Å². The molecule has 0 spiro atoms. The van der Waals surface area contributed by atoms with E-state index in [9.17, 15) is 0 Å². The molecule has 328 valence electrons. The third kappa shape index (κ3) is 6.90. The number of fused-ring (bicyclic) bond motifs is 5. The van der Waals surface area contributed by atoms with Crippen LogP contribution < -0.4 is 39.9 Å². The molecule has 0 saturated heterocycles. The largest absolute Gasteiger partial charge is 0.510 e. The Kier molecular flexibility index (Phi) is 10.0. The minimum Gasteiger partial charge on any atom is -0.510 e. The number of hydrogen-bond donors (Lipinski definition) is 0. The first-order valence-corrected chi connectivity index (χ1v) is 23.8. The summed E-state index contributed by atoms with van der Waals surface area (Å²) >= 11 is 0. The van der Waals surface area contributed by atoms with E-state index in [-0.39, 0.29) is 26.5 Å². The van der Waals surface area contributed by atoms with Crippen molar-refractivity contribution in [3.8, 4) is 23.0 Å². The second kappa shape index (κ2) is 16.8. The molecule has 0 amide bonds. The average Bonchev–Trinajstić information content (AvgIpc) is 3.91. The minimum atomic E-state index is -2.97. The van der Waals surface area contributed by atoms with Gasteiger partial charge in [-0.15, -0.1) is 29.7 Å². The maximum Gasteiger partial charge on any atom is 0.183 e. The Morgan fingerprint density at radius 2 is 1.29 bits per heavy atom. The molecule has 4 heterocycles. The van der Waals surface area contributed by atoms with Crippen LogP contribution in [0.15, 0.2) is 182 Å². The minimum absolute atomic E-state index is 0. The number of aryl methyl sites for hydroxylation is 1. The molecule has 0 saturated carbocycles. The van der Waals surface area contributed by atoms with Crippen molar-refractivity contribution in [2.75, 3.05) is 23.9 Å². The summed E-state index contributed by atoms with van der Waals surface area (Å²) in [5.74, 6) is 2.75. The summed E-state index contributed by atoms with van der Waals surface area (Å²) in [6, 6.07) is 68.1. The Bertz CT molecular complexity index is 3440. The number of pyridine rings is 1. The van der Waals surface area contributed by atoms with E-state index in [0.717, 1.165) is 39.0 Å². The average molecular weight is 1060 g/mol. The third-order valence-corrected chi connectivity index (χ3v) is 17.4. The zero-order chi connectivity index (χ0) is 47.0. The molecule has 0 atom stereocenters. The SMILES string of the molecule is [2H]C([2H])([2H])[n+]1[c-]n(-c2[c-]c(Oc3[c-]c4c(cc3)c3ccccc3n4-c3cc(C(C)(C)C)ccn3)ccc2)c(N2c3ccccc3[Si](c3ccccc3)(c3ccccc3)c3ccccc32)c1N(C)C.[Pt]. The number of rotatable bonds is 8. The van der Waals surface area contributed by atoms with Crippen LogP contribution >= 0.6 is 0 Å². The third-order valence-electron chi connectivity index (χ3n) is 12.6. The monoisotopic (exact) mass is 1060 g/mol. The zero-order valence-corrected chi connectivity index (χ0v) is 40.5. The number of para-hydroxylation sites is 3. The van der Waals surface area contributed by atoms with Crippen molar-refractivity contribution in [2.24, 2.45) is 6.98 Å². The number of anilines is 4. The van der Waals surface area contributed by atoms with Gasteiger partial charge in [-0.1, -0.05) is 147 Å². The summed E-state index contributed by atoms with van der Waals surface area (Å²) in [7, 11) is 0.773. The molecular weight excluding hydrogens is 1010 g/mol. The number of ether oxygens (including phenoxy) is 1. The summed E-state index contributed by atoms with van der Waals surface area (Å²) in [6.45, 7) is 4.02. The summed E-state index contributed by atoms with van der Waals surface area (Å²) in [4.78, 5) is 8.91. The Morgan fingerprint density at radius 3 is 1.94 bits per heavy atom. The van der Waals surface area contributed by atoms with Crippen LogP contribution in [0.25, 0.3) is 33.3 Å². The van der Waals surface area contributed by atoms with Crippen molar-refractivity contribution in [1.29, 1.82) is 0 Å². The predicted octanol–water partition coefficient (Wildman–Crippen LogP) is 9.51. The van der Waals surface area contributed by atoms with Crippen LogP contribution in [0.1, 0.15) is 30.4 Å². The molecule has 3 aromatic heterocycles. The maximum absolute atomic E-state index is 8.86. The molecular formula is C57H48N6OPtSi-2. The molecule has 0 N–H and O–H groups in total. The van der Waals surface area contributed by atoms with Crippen molar-refractivity contribution in [2.45, 2.75) is 26.2 Å².